The van der Waals surface area contributed by atoms with E-state index in [-0.39, 0.29) is 5.56 Å². The van der Waals surface area contributed by atoms with Crippen molar-refractivity contribution in [1.82, 2.24) is 9.97 Å². The van der Waals surface area contributed by atoms with Crippen molar-refractivity contribution >= 4 is 22.4 Å². The standard InChI is InChI=1S/C15H9F2N3OS/c16-11-5-10(6-12(17)7-11)14(21)20-15-19-13(8-22-15)9-1-3-18-4-2-9/h1-8H,(H,19,20,21). The maximum absolute atomic E-state index is 13.1. The molecule has 0 atom stereocenters. The number of benzene rings is 1. The number of rotatable bonds is 3. The van der Waals surface area contributed by atoms with Gasteiger partial charge in [-0.05, 0) is 24.3 Å². The molecule has 0 aliphatic carbocycles. The summed E-state index contributed by atoms with van der Waals surface area (Å²) in [5, 5.41) is 4.65. The molecule has 2 heterocycles. The number of pyridine rings is 1. The van der Waals surface area contributed by atoms with Gasteiger partial charge in [-0.25, -0.2) is 13.8 Å². The van der Waals surface area contributed by atoms with Crippen LogP contribution < -0.4 is 5.32 Å². The maximum Gasteiger partial charge on any atom is 0.257 e. The predicted molar refractivity (Wildman–Crippen MR) is 79.7 cm³/mol. The minimum absolute atomic E-state index is 0.0989. The molecule has 1 aromatic carbocycles. The third kappa shape index (κ3) is 3.15. The molecular weight excluding hydrogens is 308 g/mol. The zero-order valence-electron chi connectivity index (χ0n) is 11.1. The van der Waals surface area contributed by atoms with E-state index in [1.165, 1.54) is 11.3 Å². The van der Waals surface area contributed by atoms with Gasteiger partial charge < -0.3 is 0 Å². The molecule has 0 saturated heterocycles. The van der Waals surface area contributed by atoms with Crippen LogP contribution >= 0.6 is 11.3 Å². The first-order chi connectivity index (χ1) is 10.6. The van der Waals surface area contributed by atoms with Gasteiger partial charge in [0.1, 0.15) is 11.6 Å². The van der Waals surface area contributed by atoms with Gasteiger partial charge in [0.15, 0.2) is 5.13 Å². The number of hydrogen-bond donors (Lipinski definition) is 1. The Morgan fingerprint density at radius 1 is 1.09 bits per heavy atom. The van der Waals surface area contributed by atoms with Gasteiger partial charge in [-0.1, -0.05) is 0 Å². The van der Waals surface area contributed by atoms with Gasteiger partial charge in [0, 0.05) is 35.0 Å². The maximum atomic E-state index is 13.1. The topological polar surface area (TPSA) is 54.9 Å². The molecule has 7 heteroatoms. The van der Waals surface area contributed by atoms with Crippen LogP contribution in [0.5, 0.6) is 0 Å². The first-order valence-electron chi connectivity index (χ1n) is 6.25. The van der Waals surface area contributed by atoms with Crippen LogP contribution in [-0.2, 0) is 0 Å². The molecule has 3 aromatic rings. The van der Waals surface area contributed by atoms with E-state index in [9.17, 15) is 13.6 Å². The number of anilines is 1. The first kappa shape index (κ1) is 14.3. The van der Waals surface area contributed by atoms with Crippen LogP contribution in [0.15, 0.2) is 48.1 Å². The number of amides is 1. The van der Waals surface area contributed by atoms with Gasteiger partial charge in [-0.15, -0.1) is 11.3 Å². The van der Waals surface area contributed by atoms with Crippen molar-refractivity contribution in [2.45, 2.75) is 0 Å². The second kappa shape index (κ2) is 5.98. The highest BCUT2D eigenvalue weighted by atomic mass is 32.1. The Labute approximate surface area is 128 Å². The fourth-order valence-electron chi connectivity index (χ4n) is 1.84. The number of nitrogens with zero attached hydrogens (tertiary/aromatic N) is 2. The van der Waals surface area contributed by atoms with E-state index in [1.807, 2.05) is 0 Å². The van der Waals surface area contributed by atoms with Gasteiger partial charge in [0.05, 0.1) is 5.69 Å². The lowest BCUT2D eigenvalue weighted by atomic mass is 10.2. The number of thiazole rings is 1. The SMILES string of the molecule is O=C(Nc1nc(-c2ccncc2)cs1)c1cc(F)cc(F)c1. The summed E-state index contributed by atoms with van der Waals surface area (Å²) >= 11 is 1.22. The molecule has 0 unspecified atom stereocenters. The molecule has 22 heavy (non-hydrogen) atoms. The van der Waals surface area contributed by atoms with Gasteiger partial charge >= 0.3 is 0 Å². The van der Waals surface area contributed by atoms with Crippen molar-refractivity contribution in [3.8, 4) is 11.3 Å². The second-order valence-electron chi connectivity index (χ2n) is 4.39. The fourth-order valence-corrected chi connectivity index (χ4v) is 2.56. The Morgan fingerprint density at radius 2 is 1.77 bits per heavy atom. The summed E-state index contributed by atoms with van der Waals surface area (Å²) < 4.78 is 26.2. The molecule has 0 saturated carbocycles. The van der Waals surface area contributed by atoms with Crippen LogP contribution in [0.4, 0.5) is 13.9 Å². The molecule has 1 amide bonds. The largest absolute Gasteiger partial charge is 0.298 e. The molecule has 0 aliphatic rings. The molecule has 0 spiro atoms. The first-order valence-corrected chi connectivity index (χ1v) is 7.13. The molecule has 4 nitrogen and oxygen atoms in total. The summed E-state index contributed by atoms with van der Waals surface area (Å²) in [4.78, 5) is 20.2. The van der Waals surface area contributed by atoms with Crippen molar-refractivity contribution < 1.29 is 13.6 Å². The fraction of sp³-hybridized carbons (Fsp3) is 0. The van der Waals surface area contributed by atoms with Crippen molar-refractivity contribution in [3.05, 3.63) is 65.3 Å². The smallest absolute Gasteiger partial charge is 0.257 e. The van der Waals surface area contributed by atoms with E-state index < -0.39 is 17.5 Å². The van der Waals surface area contributed by atoms with Crippen LogP contribution in [0.25, 0.3) is 11.3 Å². The third-order valence-electron chi connectivity index (χ3n) is 2.83. The highest BCUT2D eigenvalue weighted by Gasteiger charge is 2.12. The molecule has 110 valence electrons. The number of nitrogens with one attached hydrogen (secondary N) is 1. The van der Waals surface area contributed by atoms with Gasteiger partial charge in [0.25, 0.3) is 5.91 Å². The quantitative estimate of drug-likeness (QED) is 0.800. The Hall–Kier alpha value is -2.67. The zero-order valence-corrected chi connectivity index (χ0v) is 11.9. The summed E-state index contributed by atoms with van der Waals surface area (Å²) in [6.45, 7) is 0. The summed E-state index contributed by atoms with van der Waals surface area (Å²) in [7, 11) is 0. The van der Waals surface area contributed by atoms with E-state index in [2.05, 4.69) is 15.3 Å². The van der Waals surface area contributed by atoms with Crippen LogP contribution in [-0.4, -0.2) is 15.9 Å². The lowest BCUT2D eigenvalue weighted by Gasteiger charge is -2.02. The lowest BCUT2D eigenvalue weighted by Crippen LogP contribution is -2.12. The predicted octanol–water partition coefficient (Wildman–Crippen LogP) is 3.74. The molecule has 0 aliphatic heterocycles. The molecular formula is C15H9F2N3OS. The average Bonchev–Trinajstić information content (AvgIpc) is 2.95. The Balaban J connectivity index is 1.79. The van der Waals surface area contributed by atoms with E-state index in [1.54, 1.807) is 29.9 Å². The summed E-state index contributed by atoms with van der Waals surface area (Å²) in [6.07, 6.45) is 3.28. The number of aromatic nitrogens is 2. The van der Waals surface area contributed by atoms with Crippen LogP contribution in [0.3, 0.4) is 0 Å². The van der Waals surface area contributed by atoms with Crippen molar-refractivity contribution in [3.63, 3.8) is 0 Å². The number of halogens is 2. The number of carbonyl (C=O) groups excluding carboxylic acids is 1. The van der Waals surface area contributed by atoms with E-state index in [0.717, 1.165) is 17.7 Å². The summed E-state index contributed by atoms with van der Waals surface area (Å²) in [5.74, 6) is -2.22. The van der Waals surface area contributed by atoms with E-state index >= 15 is 0 Å². The normalized spacial score (nSPS) is 10.5. The van der Waals surface area contributed by atoms with Crippen molar-refractivity contribution in [1.29, 1.82) is 0 Å². The Kier molecular flexibility index (Phi) is 3.88. The number of carbonyl (C=O) groups is 1. The summed E-state index contributed by atoms with van der Waals surface area (Å²) in [6, 6.07) is 6.23. The van der Waals surface area contributed by atoms with Crippen LogP contribution in [0.2, 0.25) is 0 Å². The zero-order chi connectivity index (χ0) is 15.5. The van der Waals surface area contributed by atoms with Crippen LogP contribution in [0.1, 0.15) is 10.4 Å². The lowest BCUT2D eigenvalue weighted by molar-refractivity contribution is 0.102. The molecule has 0 radical (unpaired) electrons. The number of hydrogen-bond acceptors (Lipinski definition) is 4. The van der Waals surface area contributed by atoms with Gasteiger partial charge in [-0.3, -0.25) is 15.1 Å². The molecule has 0 fully saturated rings. The highest BCUT2D eigenvalue weighted by molar-refractivity contribution is 7.14. The van der Waals surface area contributed by atoms with Crippen molar-refractivity contribution in [2.24, 2.45) is 0 Å². The Morgan fingerprint density at radius 3 is 2.45 bits per heavy atom. The minimum atomic E-state index is -0.804. The molecule has 3 rings (SSSR count). The third-order valence-corrected chi connectivity index (χ3v) is 3.58. The Bertz CT molecular complexity index is 800. The summed E-state index contributed by atoms with van der Waals surface area (Å²) in [5.41, 5.74) is 1.45. The van der Waals surface area contributed by atoms with Crippen LogP contribution in [0, 0.1) is 11.6 Å². The molecule has 1 N–H and O–H groups in total. The highest BCUT2D eigenvalue weighted by Crippen LogP contribution is 2.24. The molecule has 0 bridgehead atoms. The monoisotopic (exact) mass is 317 g/mol. The van der Waals surface area contributed by atoms with Crippen molar-refractivity contribution in [2.75, 3.05) is 5.32 Å². The minimum Gasteiger partial charge on any atom is -0.298 e. The second-order valence-corrected chi connectivity index (χ2v) is 5.24. The molecule has 2 aromatic heterocycles. The van der Waals surface area contributed by atoms with E-state index in [4.69, 9.17) is 0 Å². The van der Waals surface area contributed by atoms with E-state index in [0.29, 0.717) is 16.9 Å². The van der Waals surface area contributed by atoms with Gasteiger partial charge in [0.2, 0.25) is 0 Å². The van der Waals surface area contributed by atoms with Gasteiger partial charge in [-0.2, -0.15) is 0 Å². The average molecular weight is 317 g/mol.